The molecule has 0 aromatic heterocycles. The molecule has 0 aliphatic carbocycles. The number of carbonyl (C=O) groups is 1. The number of hydrazone groups is 1. The molecule has 1 amide bonds. The SMILES string of the molecule is O=C1C2CCN(Cc3ccc(F)c(Cl)c3)CC2=NN1CCN1CCOCC1. The van der Waals surface area contributed by atoms with Gasteiger partial charge in [-0.2, -0.15) is 5.10 Å². The highest BCUT2D eigenvalue weighted by molar-refractivity contribution is 6.30. The van der Waals surface area contributed by atoms with Gasteiger partial charge in [-0.15, -0.1) is 0 Å². The van der Waals surface area contributed by atoms with Crippen LogP contribution in [0.15, 0.2) is 23.3 Å². The average molecular weight is 395 g/mol. The third-order valence-corrected chi connectivity index (χ3v) is 5.74. The summed E-state index contributed by atoms with van der Waals surface area (Å²) in [6.07, 6.45) is 0.778. The van der Waals surface area contributed by atoms with Crippen LogP contribution in [0, 0.1) is 11.7 Å². The molecule has 3 aliphatic heterocycles. The van der Waals surface area contributed by atoms with E-state index in [1.165, 1.54) is 6.07 Å². The molecule has 0 radical (unpaired) electrons. The van der Waals surface area contributed by atoms with Gasteiger partial charge >= 0.3 is 0 Å². The third kappa shape index (κ3) is 4.32. The zero-order valence-electron chi connectivity index (χ0n) is 15.2. The number of nitrogens with zero attached hydrogens (tertiary/aromatic N) is 4. The minimum Gasteiger partial charge on any atom is -0.379 e. The molecule has 1 atom stereocenters. The van der Waals surface area contributed by atoms with Gasteiger partial charge in [-0.3, -0.25) is 14.6 Å². The van der Waals surface area contributed by atoms with Crippen LogP contribution < -0.4 is 0 Å². The van der Waals surface area contributed by atoms with Gasteiger partial charge in [0.15, 0.2) is 0 Å². The summed E-state index contributed by atoms with van der Waals surface area (Å²) in [6, 6.07) is 4.82. The van der Waals surface area contributed by atoms with Gasteiger partial charge in [0.25, 0.3) is 5.91 Å². The Morgan fingerprint density at radius 3 is 2.78 bits per heavy atom. The molecule has 3 heterocycles. The summed E-state index contributed by atoms with van der Waals surface area (Å²) < 4.78 is 18.7. The van der Waals surface area contributed by atoms with E-state index in [0.29, 0.717) is 19.6 Å². The highest BCUT2D eigenvalue weighted by Gasteiger charge is 2.39. The van der Waals surface area contributed by atoms with E-state index in [9.17, 15) is 9.18 Å². The molecular formula is C19H24ClFN4O2. The zero-order valence-corrected chi connectivity index (χ0v) is 16.0. The van der Waals surface area contributed by atoms with Crippen molar-refractivity contribution in [2.24, 2.45) is 11.0 Å². The van der Waals surface area contributed by atoms with Crippen LogP contribution in [0.25, 0.3) is 0 Å². The minimum absolute atomic E-state index is 0.0808. The van der Waals surface area contributed by atoms with Crippen molar-refractivity contribution in [3.63, 3.8) is 0 Å². The van der Waals surface area contributed by atoms with E-state index >= 15 is 0 Å². The van der Waals surface area contributed by atoms with Crippen LogP contribution in [-0.4, -0.2) is 78.9 Å². The lowest BCUT2D eigenvalue weighted by Crippen LogP contribution is -2.43. The Bertz CT molecular complexity index is 738. The standard InChI is InChI=1S/C19H24ClFN4O2/c20-16-11-14(1-2-17(16)21)12-24-4-3-15-18(13-24)22-25(19(15)26)6-5-23-7-9-27-10-8-23/h1-2,11,15H,3-10,12-13H2. The van der Waals surface area contributed by atoms with Gasteiger partial charge in [0.05, 0.1) is 36.4 Å². The van der Waals surface area contributed by atoms with Gasteiger partial charge in [0.1, 0.15) is 5.82 Å². The normalized spacial score (nSPS) is 24.2. The molecule has 6 nitrogen and oxygen atoms in total. The van der Waals surface area contributed by atoms with Crippen LogP contribution in [0.4, 0.5) is 4.39 Å². The molecule has 0 bridgehead atoms. The third-order valence-electron chi connectivity index (χ3n) is 5.45. The number of amides is 1. The minimum atomic E-state index is -0.402. The van der Waals surface area contributed by atoms with Crippen LogP contribution in [0.3, 0.4) is 0 Å². The number of halogens is 2. The fourth-order valence-electron chi connectivity index (χ4n) is 3.90. The monoisotopic (exact) mass is 394 g/mol. The summed E-state index contributed by atoms with van der Waals surface area (Å²) in [5.74, 6) is -0.355. The topological polar surface area (TPSA) is 48.4 Å². The molecule has 4 rings (SSSR count). The molecule has 0 spiro atoms. The van der Waals surface area contributed by atoms with Crippen molar-refractivity contribution in [2.45, 2.75) is 13.0 Å². The molecule has 8 heteroatoms. The first kappa shape index (κ1) is 18.8. The molecule has 1 unspecified atom stereocenters. The Morgan fingerprint density at radius 1 is 1.19 bits per heavy atom. The molecule has 2 fully saturated rings. The number of hydrogen-bond donors (Lipinski definition) is 0. The van der Waals surface area contributed by atoms with Crippen molar-refractivity contribution in [2.75, 3.05) is 52.5 Å². The van der Waals surface area contributed by atoms with Gasteiger partial charge in [0.2, 0.25) is 0 Å². The van der Waals surface area contributed by atoms with Crippen LogP contribution in [0.2, 0.25) is 5.02 Å². The number of likely N-dealkylation sites (tertiary alicyclic amines) is 1. The van der Waals surface area contributed by atoms with Crippen molar-refractivity contribution in [1.82, 2.24) is 14.8 Å². The lowest BCUT2D eigenvalue weighted by Gasteiger charge is -2.29. The fourth-order valence-corrected chi connectivity index (χ4v) is 4.10. The van der Waals surface area contributed by atoms with Crippen molar-refractivity contribution < 1.29 is 13.9 Å². The first-order valence-corrected chi connectivity index (χ1v) is 9.83. The zero-order chi connectivity index (χ0) is 18.8. The molecule has 0 N–H and O–H groups in total. The molecular weight excluding hydrogens is 371 g/mol. The smallest absolute Gasteiger partial charge is 0.251 e. The summed E-state index contributed by atoms with van der Waals surface area (Å²) >= 11 is 5.88. The molecule has 2 saturated heterocycles. The maximum atomic E-state index is 13.3. The van der Waals surface area contributed by atoms with E-state index in [1.807, 2.05) is 0 Å². The summed E-state index contributed by atoms with van der Waals surface area (Å²) in [7, 11) is 0. The van der Waals surface area contributed by atoms with Gasteiger partial charge in [-0.05, 0) is 24.1 Å². The lowest BCUT2D eigenvalue weighted by molar-refractivity contribution is -0.132. The number of piperidine rings is 1. The number of benzene rings is 1. The Hall–Kier alpha value is -1.54. The van der Waals surface area contributed by atoms with Gasteiger partial charge in [-0.25, -0.2) is 9.40 Å². The second-order valence-corrected chi connectivity index (χ2v) is 7.71. The number of hydrogen-bond acceptors (Lipinski definition) is 5. The summed E-state index contributed by atoms with van der Waals surface area (Å²) in [4.78, 5) is 17.2. The Balaban J connectivity index is 1.34. The molecule has 1 aromatic rings. The maximum Gasteiger partial charge on any atom is 0.251 e. The summed E-state index contributed by atoms with van der Waals surface area (Å²) in [5, 5.41) is 6.40. The fraction of sp³-hybridized carbons (Fsp3) is 0.579. The van der Waals surface area contributed by atoms with E-state index in [4.69, 9.17) is 16.3 Å². The van der Waals surface area contributed by atoms with Crippen LogP contribution >= 0.6 is 11.6 Å². The second kappa shape index (κ2) is 8.22. The Labute approximate surface area is 163 Å². The van der Waals surface area contributed by atoms with E-state index < -0.39 is 5.82 Å². The predicted molar refractivity (Wildman–Crippen MR) is 101 cm³/mol. The second-order valence-electron chi connectivity index (χ2n) is 7.31. The lowest BCUT2D eigenvalue weighted by atomic mass is 9.94. The number of ether oxygens (including phenoxy) is 1. The molecule has 3 aliphatic rings. The number of morpholine rings is 1. The highest BCUT2D eigenvalue weighted by Crippen LogP contribution is 2.26. The highest BCUT2D eigenvalue weighted by atomic mass is 35.5. The van der Waals surface area contributed by atoms with Crippen LogP contribution in [0.1, 0.15) is 12.0 Å². The largest absolute Gasteiger partial charge is 0.379 e. The summed E-state index contributed by atoms with van der Waals surface area (Å²) in [5.41, 5.74) is 1.91. The molecule has 1 aromatic carbocycles. The number of rotatable bonds is 5. The molecule has 0 saturated carbocycles. The van der Waals surface area contributed by atoms with E-state index in [0.717, 1.165) is 57.1 Å². The quantitative estimate of drug-likeness (QED) is 0.764. The first-order chi connectivity index (χ1) is 13.1. The molecule has 27 heavy (non-hydrogen) atoms. The van der Waals surface area contributed by atoms with Gasteiger partial charge < -0.3 is 4.74 Å². The van der Waals surface area contributed by atoms with E-state index in [2.05, 4.69) is 14.9 Å². The van der Waals surface area contributed by atoms with E-state index in [1.54, 1.807) is 17.1 Å². The van der Waals surface area contributed by atoms with Gasteiger partial charge in [-0.1, -0.05) is 17.7 Å². The first-order valence-electron chi connectivity index (χ1n) is 9.45. The van der Waals surface area contributed by atoms with Crippen molar-refractivity contribution in [3.05, 3.63) is 34.6 Å². The van der Waals surface area contributed by atoms with Crippen molar-refractivity contribution in [3.8, 4) is 0 Å². The van der Waals surface area contributed by atoms with Crippen LogP contribution in [0.5, 0.6) is 0 Å². The van der Waals surface area contributed by atoms with E-state index in [-0.39, 0.29) is 16.8 Å². The van der Waals surface area contributed by atoms with Crippen molar-refractivity contribution in [1.29, 1.82) is 0 Å². The Morgan fingerprint density at radius 2 is 2.00 bits per heavy atom. The van der Waals surface area contributed by atoms with Gasteiger partial charge in [0, 0.05) is 39.3 Å². The van der Waals surface area contributed by atoms with Crippen LogP contribution in [-0.2, 0) is 16.1 Å². The predicted octanol–water partition coefficient (Wildman–Crippen LogP) is 1.83. The molecule has 146 valence electrons. The van der Waals surface area contributed by atoms with Crippen molar-refractivity contribution >= 4 is 23.2 Å². The number of fused-ring (bicyclic) bond motifs is 1. The summed E-state index contributed by atoms with van der Waals surface area (Å²) in [6.45, 7) is 6.96. The maximum absolute atomic E-state index is 13.3. The Kier molecular flexibility index (Phi) is 5.73. The average Bonchev–Trinajstić information content (AvgIpc) is 2.99. The number of carbonyl (C=O) groups excluding carboxylic acids is 1.